The molecule has 2 atom stereocenters. The average Bonchev–Trinajstić information content (AvgIpc) is 3.46. The maximum atomic E-state index is 14.5. The summed E-state index contributed by atoms with van der Waals surface area (Å²) >= 11 is 0. The summed E-state index contributed by atoms with van der Waals surface area (Å²) in [4.78, 5) is 2.22. The number of allylic oxidation sites excluding steroid dienone is 4. The van der Waals surface area contributed by atoms with E-state index in [1.807, 2.05) is 24.3 Å². The third-order valence-electron chi connectivity index (χ3n) is 11.1. The van der Waals surface area contributed by atoms with Gasteiger partial charge in [0.25, 0.3) is 0 Å². The van der Waals surface area contributed by atoms with Gasteiger partial charge in [0.2, 0.25) is 5.69 Å². The van der Waals surface area contributed by atoms with Gasteiger partial charge in [-0.1, -0.05) is 84.9 Å². The van der Waals surface area contributed by atoms with Crippen LogP contribution < -0.4 is 4.90 Å². The third-order valence-corrected chi connectivity index (χ3v) is 11.1. The summed E-state index contributed by atoms with van der Waals surface area (Å²) in [6.07, 6.45) is 7.22. The second-order valence-electron chi connectivity index (χ2n) is 14.3. The zero-order valence-corrected chi connectivity index (χ0v) is 28.9. The molecule has 0 saturated carbocycles. The topological polar surface area (TPSA) is 6.25 Å². The lowest BCUT2D eigenvalue weighted by Crippen LogP contribution is -2.33. The highest BCUT2D eigenvalue weighted by Crippen LogP contribution is 2.52. The molecule has 8 rings (SSSR count). The van der Waals surface area contributed by atoms with Crippen LogP contribution >= 0.6 is 0 Å². The zero-order chi connectivity index (χ0) is 35.7. The number of halogens is 4. The molecule has 0 spiro atoms. The number of anilines is 1. The Hall–Kier alpha value is -5.49. The Balaban J connectivity index is 1.27. The van der Waals surface area contributed by atoms with E-state index in [-0.39, 0.29) is 0 Å². The molecule has 2 unspecified atom stereocenters. The van der Waals surface area contributed by atoms with E-state index in [1.165, 1.54) is 24.3 Å². The van der Waals surface area contributed by atoms with E-state index < -0.39 is 34.1 Å². The third kappa shape index (κ3) is 5.19. The lowest BCUT2D eigenvalue weighted by molar-refractivity contribution is -0.399. The predicted octanol–water partition coefficient (Wildman–Crippen LogP) is 10.9. The fourth-order valence-corrected chi connectivity index (χ4v) is 8.69. The maximum absolute atomic E-state index is 14.5. The largest absolute Gasteiger partial charge is 0.347 e. The van der Waals surface area contributed by atoms with Crippen LogP contribution in [0.4, 0.5) is 28.9 Å². The van der Waals surface area contributed by atoms with E-state index in [2.05, 4.69) is 104 Å². The Morgan fingerprint density at radius 1 is 0.627 bits per heavy atom. The van der Waals surface area contributed by atoms with Gasteiger partial charge >= 0.3 is 0 Å². The Morgan fingerprint density at radius 2 is 1.18 bits per heavy atom. The van der Waals surface area contributed by atoms with E-state index in [1.54, 1.807) is 12.1 Å². The zero-order valence-electron chi connectivity index (χ0n) is 28.9. The first-order chi connectivity index (χ1) is 24.5. The van der Waals surface area contributed by atoms with E-state index >= 15 is 0 Å². The van der Waals surface area contributed by atoms with Gasteiger partial charge in [0.1, 0.15) is 7.05 Å². The molecule has 0 amide bonds. The fourth-order valence-electron chi connectivity index (χ4n) is 8.69. The molecular weight excluding hydrogens is 645 g/mol. The van der Waals surface area contributed by atoms with Gasteiger partial charge in [-0.15, -0.1) is 0 Å². The molecule has 2 aliphatic heterocycles. The molecule has 0 aromatic heterocycles. The van der Waals surface area contributed by atoms with Gasteiger partial charge in [-0.2, -0.15) is 4.58 Å². The molecule has 0 bridgehead atoms. The van der Waals surface area contributed by atoms with Crippen molar-refractivity contribution in [2.24, 2.45) is 0 Å². The molecule has 0 saturated heterocycles. The van der Waals surface area contributed by atoms with Crippen LogP contribution in [0.2, 0.25) is 0 Å². The van der Waals surface area contributed by atoms with Gasteiger partial charge in [-0.25, -0.2) is 17.6 Å². The molecule has 51 heavy (non-hydrogen) atoms. The molecule has 6 aromatic rings. The Kier molecular flexibility index (Phi) is 7.75. The van der Waals surface area contributed by atoms with Crippen molar-refractivity contribution in [2.45, 2.75) is 37.5 Å². The Morgan fingerprint density at radius 3 is 1.80 bits per heavy atom. The van der Waals surface area contributed by atoms with Crippen molar-refractivity contribution < 1.29 is 22.1 Å². The highest BCUT2D eigenvalue weighted by molar-refractivity contribution is 6.08. The summed E-state index contributed by atoms with van der Waals surface area (Å²) in [5, 5.41) is 4.48. The van der Waals surface area contributed by atoms with Gasteiger partial charge in [0, 0.05) is 35.2 Å². The van der Waals surface area contributed by atoms with Crippen LogP contribution in [0.25, 0.3) is 21.5 Å². The molecule has 2 aliphatic rings. The number of likely N-dealkylation sites (N-methyl/N-ethyl adjacent to an activating group) is 1. The van der Waals surface area contributed by atoms with Crippen LogP contribution in [-0.4, -0.2) is 24.4 Å². The fraction of sp³-hybridized carbons (Fsp3) is 0.178. The van der Waals surface area contributed by atoms with Crippen molar-refractivity contribution in [1.29, 1.82) is 0 Å². The summed E-state index contributed by atoms with van der Waals surface area (Å²) in [6, 6.07) is 33.4. The SMILES string of the molecule is CN1C(=CC=CC2=[N+](C)c3c(ccc4ccccc34)C2(C)Cc2ccc(F)c(F)c2)C(C)(Cc2ccc(F)c(F)c2)c2ccc3ccccc3c21. The molecule has 0 aliphatic carbocycles. The van der Waals surface area contributed by atoms with Gasteiger partial charge in [0.15, 0.2) is 29.0 Å². The molecule has 2 nitrogen and oxygen atoms in total. The van der Waals surface area contributed by atoms with Crippen molar-refractivity contribution >= 4 is 38.6 Å². The van der Waals surface area contributed by atoms with Crippen molar-refractivity contribution in [2.75, 3.05) is 19.0 Å². The number of nitrogens with zero attached hydrogens (tertiary/aromatic N) is 2. The highest BCUT2D eigenvalue weighted by atomic mass is 19.2. The number of rotatable bonds is 6. The first-order valence-corrected chi connectivity index (χ1v) is 17.2. The molecule has 6 heteroatoms. The molecule has 254 valence electrons. The van der Waals surface area contributed by atoms with Gasteiger partial charge in [-0.05, 0) is 90.6 Å². The van der Waals surface area contributed by atoms with Gasteiger partial charge < -0.3 is 4.90 Å². The number of fused-ring (bicyclic) bond motifs is 6. The van der Waals surface area contributed by atoms with Crippen LogP contribution in [-0.2, 0) is 23.7 Å². The first-order valence-electron chi connectivity index (χ1n) is 17.2. The lowest BCUT2D eigenvalue weighted by atomic mass is 9.74. The molecule has 6 aromatic carbocycles. The van der Waals surface area contributed by atoms with Gasteiger partial charge in [0.05, 0.1) is 16.5 Å². The van der Waals surface area contributed by atoms with Crippen molar-refractivity contribution in [3.05, 3.63) is 179 Å². The summed E-state index contributed by atoms with van der Waals surface area (Å²) in [7, 11) is 4.12. The number of hydrogen-bond donors (Lipinski definition) is 0. The quantitative estimate of drug-likeness (QED) is 0.125. The maximum Gasteiger partial charge on any atom is 0.217 e. The summed E-state index contributed by atoms with van der Waals surface area (Å²) in [5.41, 5.74) is 6.70. The van der Waals surface area contributed by atoms with Crippen molar-refractivity contribution in [3.63, 3.8) is 0 Å². The second kappa shape index (κ2) is 12.1. The van der Waals surface area contributed by atoms with E-state index in [4.69, 9.17) is 0 Å². The number of hydrogen-bond acceptors (Lipinski definition) is 1. The Bertz CT molecular complexity index is 2500. The average molecular weight is 682 g/mol. The van der Waals surface area contributed by atoms with E-state index in [0.29, 0.717) is 24.0 Å². The van der Waals surface area contributed by atoms with Gasteiger partial charge in [-0.3, -0.25) is 0 Å². The summed E-state index contributed by atoms with van der Waals surface area (Å²) in [6.45, 7) is 4.32. The summed E-state index contributed by atoms with van der Waals surface area (Å²) in [5.74, 6) is -3.45. The first kappa shape index (κ1) is 32.7. The smallest absolute Gasteiger partial charge is 0.217 e. The number of benzene rings is 6. The monoisotopic (exact) mass is 681 g/mol. The van der Waals surface area contributed by atoms with Crippen LogP contribution in [0, 0.1) is 23.3 Å². The lowest BCUT2D eigenvalue weighted by Gasteiger charge is -2.29. The van der Waals surface area contributed by atoms with E-state index in [9.17, 15) is 17.6 Å². The predicted molar refractivity (Wildman–Crippen MR) is 199 cm³/mol. The van der Waals surface area contributed by atoms with Crippen molar-refractivity contribution in [1.82, 2.24) is 0 Å². The minimum absolute atomic E-state index is 0.460. The molecule has 0 radical (unpaired) electrons. The van der Waals surface area contributed by atoms with Crippen molar-refractivity contribution in [3.8, 4) is 0 Å². The molecule has 0 fully saturated rings. The molecular formula is C45H37F4N2+. The van der Waals surface area contributed by atoms with Crippen LogP contribution in [0.15, 0.2) is 133 Å². The highest BCUT2D eigenvalue weighted by Gasteiger charge is 2.48. The summed E-state index contributed by atoms with van der Waals surface area (Å²) < 4.78 is 59.2. The Labute approximate surface area is 295 Å². The molecule has 0 N–H and O–H groups in total. The van der Waals surface area contributed by atoms with E-state index in [0.717, 1.165) is 55.5 Å². The normalized spacial score (nSPS) is 20.7. The minimum atomic E-state index is -0.865. The van der Waals surface area contributed by atoms with Crippen LogP contribution in [0.5, 0.6) is 0 Å². The van der Waals surface area contributed by atoms with Crippen LogP contribution in [0.3, 0.4) is 0 Å². The minimum Gasteiger partial charge on any atom is -0.347 e. The standard InChI is InChI=1S/C45H37F4N2/c1-44(26-28-16-22-36(46)38(48)24-28)34-20-18-30-10-5-7-12-32(30)42(34)50(3)40(44)14-9-15-41-45(2,27-29-17-23-37(47)39(49)25-29)35-21-19-31-11-6-8-13-33(31)43(35)51(41)4/h5-25H,26-27H2,1-4H3/q+1. The van der Waals surface area contributed by atoms with Crippen LogP contribution in [0.1, 0.15) is 36.1 Å². The molecule has 2 heterocycles. The second-order valence-corrected chi connectivity index (χ2v) is 14.3.